The third-order valence-corrected chi connectivity index (χ3v) is 3.10. The highest BCUT2D eigenvalue weighted by Gasteiger charge is 2.21. The van der Waals surface area contributed by atoms with E-state index in [0.29, 0.717) is 25.4 Å². The Morgan fingerprint density at radius 1 is 1.30 bits per heavy atom. The molecule has 1 aromatic rings. The molecular weight excluding hydrogens is 258 g/mol. The minimum Gasteiger partial charge on any atom is -0.493 e. The van der Waals surface area contributed by atoms with Crippen molar-refractivity contribution in [1.29, 1.82) is 0 Å². The SMILES string of the molecule is CCOC(=O)CCOc1ccc(N2CCCC2=O)cc1. The number of rotatable bonds is 6. The fraction of sp³-hybridized carbons (Fsp3) is 0.467. The number of carbonyl (C=O) groups excluding carboxylic acids is 2. The first kappa shape index (κ1) is 14.4. The summed E-state index contributed by atoms with van der Waals surface area (Å²) < 4.78 is 10.3. The zero-order valence-electron chi connectivity index (χ0n) is 11.6. The van der Waals surface area contributed by atoms with Crippen molar-refractivity contribution >= 4 is 17.6 Å². The molecule has 0 saturated carbocycles. The Hall–Kier alpha value is -2.04. The third-order valence-electron chi connectivity index (χ3n) is 3.10. The maximum Gasteiger partial charge on any atom is 0.309 e. The van der Waals surface area contributed by atoms with Gasteiger partial charge in [0.1, 0.15) is 5.75 Å². The van der Waals surface area contributed by atoms with Gasteiger partial charge in [0.2, 0.25) is 5.91 Å². The highest BCUT2D eigenvalue weighted by atomic mass is 16.5. The summed E-state index contributed by atoms with van der Waals surface area (Å²) >= 11 is 0. The molecule has 1 fully saturated rings. The molecule has 1 saturated heterocycles. The molecule has 0 spiro atoms. The van der Waals surface area contributed by atoms with Gasteiger partial charge in [-0.05, 0) is 37.6 Å². The fourth-order valence-corrected chi connectivity index (χ4v) is 2.13. The number of esters is 1. The van der Waals surface area contributed by atoms with E-state index < -0.39 is 0 Å². The first-order valence-corrected chi connectivity index (χ1v) is 6.89. The molecular formula is C15H19NO4. The summed E-state index contributed by atoms with van der Waals surface area (Å²) in [5.74, 6) is 0.595. The molecule has 0 unspecified atom stereocenters. The van der Waals surface area contributed by atoms with Gasteiger partial charge in [-0.2, -0.15) is 0 Å². The van der Waals surface area contributed by atoms with Gasteiger partial charge in [0.05, 0.1) is 19.6 Å². The normalized spacial score (nSPS) is 14.4. The molecule has 5 nitrogen and oxygen atoms in total. The van der Waals surface area contributed by atoms with Crippen molar-refractivity contribution in [2.45, 2.75) is 26.2 Å². The lowest BCUT2D eigenvalue weighted by atomic mass is 10.3. The van der Waals surface area contributed by atoms with E-state index in [-0.39, 0.29) is 18.3 Å². The van der Waals surface area contributed by atoms with E-state index in [4.69, 9.17) is 9.47 Å². The minimum absolute atomic E-state index is 0.168. The molecule has 1 amide bonds. The second-order valence-corrected chi connectivity index (χ2v) is 4.55. The summed E-state index contributed by atoms with van der Waals surface area (Å²) in [5, 5.41) is 0. The van der Waals surface area contributed by atoms with Crippen LogP contribution in [0.2, 0.25) is 0 Å². The van der Waals surface area contributed by atoms with E-state index >= 15 is 0 Å². The highest BCUT2D eigenvalue weighted by Crippen LogP contribution is 2.23. The van der Waals surface area contributed by atoms with Crippen LogP contribution < -0.4 is 9.64 Å². The summed E-state index contributed by atoms with van der Waals surface area (Å²) in [4.78, 5) is 24.5. The van der Waals surface area contributed by atoms with Crippen LogP contribution in [0.5, 0.6) is 5.75 Å². The topological polar surface area (TPSA) is 55.8 Å². The molecule has 0 aliphatic carbocycles. The molecule has 1 aliphatic rings. The summed E-state index contributed by atoms with van der Waals surface area (Å²) in [5.41, 5.74) is 0.894. The number of hydrogen-bond donors (Lipinski definition) is 0. The van der Waals surface area contributed by atoms with Crippen molar-refractivity contribution in [2.75, 3.05) is 24.7 Å². The molecule has 2 rings (SSSR count). The fourth-order valence-electron chi connectivity index (χ4n) is 2.13. The van der Waals surface area contributed by atoms with Gasteiger partial charge in [0.15, 0.2) is 0 Å². The number of anilines is 1. The van der Waals surface area contributed by atoms with E-state index in [1.165, 1.54) is 0 Å². The standard InChI is InChI=1S/C15H19NO4/c1-2-19-15(18)9-11-20-13-7-5-12(6-8-13)16-10-3-4-14(16)17/h5-8H,2-4,9-11H2,1H3. The van der Waals surface area contributed by atoms with E-state index in [1.54, 1.807) is 11.8 Å². The Balaban J connectivity index is 1.82. The van der Waals surface area contributed by atoms with Gasteiger partial charge in [0, 0.05) is 18.7 Å². The average molecular weight is 277 g/mol. The van der Waals surface area contributed by atoms with Crippen molar-refractivity contribution < 1.29 is 19.1 Å². The van der Waals surface area contributed by atoms with Crippen LogP contribution in [0.1, 0.15) is 26.2 Å². The monoisotopic (exact) mass is 277 g/mol. The Kier molecular flexibility index (Phi) is 4.98. The quantitative estimate of drug-likeness (QED) is 0.748. The molecule has 1 aromatic carbocycles. The molecule has 0 radical (unpaired) electrons. The molecule has 0 atom stereocenters. The number of carbonyl (C=O) groups is 2. The number of hydrogen-bond acceptors (Lipinski definition) is 4. The summed E-state index contributed by atoms with van der Waals surface area (Å²) in [6.07, 6.45) is 1.77. The van der Waals surface area contributed by atoms with Gasteiger partial charge in [-0.3, -0.25) is 9.59 Å². The summed E-state index contributed by atoms with van der Waals surface area (Å²) in [7, 11) is 0. The Labute approximate surface area is 118 Å². The summed E-state index contributed by atoms with van der Waals surface area (Å²) in [6.45, 7) is 3.23. The van der Waals surface area contributed by atoms with Crippen LogP contribution in [0.15, 0.2) is 24.3 Å². The predicted octanol–water partition coefficient (Wildman–Crippen LogP) is 2.15. The van der Waals surface area contributed by atoms with Gasteiger partial charge in [-0.15, -0.1) is 0 Å². The smallest absolute Gasteiger partial charge is 0.309 e. The molecule has 1 heterocycles. The predicted molar refractivity (Wildman–Crippen MR) is 74.8 cm³/mol. The number of ether oxygens (including phenoxy) is 2. The molecule has 1 aliphatic heterocycles. The zero-order valence-corrected chi connectivity index (χ0v) is 11.6. The van der Waals surface area contributed by atoms with Crippen LogP contribution in [0.25, 0.3) is 0 Å². The molecule has 108 valence electrons. The molecule has 0 aromatic heterocycles. The van der Waals surface area contributed by atoms with Gasteiger partial charge in [-0.1, -0.05) is 0 Å². The number of benzene rings is 1. The minimum atomic E-state index is -0.258. The zero-order chi connectivity index (χ0) is 14.4. The maximum atomic E-state index is 11.6. The highest BCUT2D eigenvalue weighted by molar-refractivity contribution is 5.95. The second kappa shape index (κ2) is 6.93. The van der Waals surface area contributed by atoms with Crippen molar-refractivity contribution in [1.82, 2.24) is 0 Å². The molecule has 20 heavy (non-hydrogen) atoms. The van der Waals surface area contributed by atoms with Gasteiger partial charge < -0.3 is 14.4 Å². The first-order chi connectivity index (χ1) is 9.70. The van der Waals surface area contributed by atoms with Gasteiger partial charge >= 0.3 is 5.97 Å². The van der Waals surface area contributed by atoms with Crippen LogP contribution in [0, 0.1) is 0 Å². The van der Waals surface area contributed by atoms with Crippen LogP contribution in [-0.2, 0) is 14.3 Å². The Morgan fingerprint density at radius 3 is 2.65 bits per heavy atom. The lowest BCUT2D eigenvalue weighted by Crippen LogP contribution is -2.23. The van der Waals surface area contributed by atoms with Crippen molar-refractivity contribution in [3.8, 4) is 5.75 Å². The lowest BCUT2D eigenvalue weighted by Gasteiger charge is -2.16. The Bertz CT molecular complexity index is 469. The van der Waals surface area contributed by atoms with Crippen molar-refractivity contribution in [2.24, 2.45) is 0 Å². The number of nitrogens with zero attached hydrogens (tertiary/aromatic N) is 1. The van der Waals surface area contributed by atoms with E-state index in [2.05, 4.69) is 0 Å². The Morgan fingerprint density at radius 2 is 2.05 bits per heavy atom. The third kappa shape index (κ3) is 3.73. The van der Waals surface area contributed by atoms with Gasteiger partial charge in [-0.25, -0.2) is 0 Å². The first-order valence-electron chi connectivity index (χ1n) is 6.89. The van der Waals surface area contributed by atoms with Crippen LogP contribution in [-0.4, -0.2) is 31.6 Å². The van der Waals surface area contributed by atoms with Crippen molar-refractivity contribution in [3.63, 3.8) is 0 Å². The molecule has 0 bridgehead atoms. The summed E-state index contributed by atoms with van der Waals surface area (Å²) in [6, 6.07) is 7.35. The largest absolute Gasteiger partial charge is 0.493 e. The molecule has 0 N–H and O–H groups in total. The van der Waals surface area contributed by atoms with Crippen molar-refractivity contribution in [3.05, 3.63) is 24.3 Å². The van der Waals surface area contributed by atoms with Crippen LogP contribution >= 0.6 is 0 Å². The van der Waals surface area contributed by atoms with Crippen LogP contribution in [0.3, 0.4) is 0 Å². The average Bonchev–Trinajstić information content (AvgIpc) is 2.86. The number of amides is 1. The van der Waals surface area contributed by atoms with E-state index in [1.807, 2.05) is 24.3 Å². The lowest BCUT2D eigenvalue weighted by molar-refractivity contribution is -0.143. The van der Waals surface area contributed by atoms with E-state index in [0.717, 1.165) is 18.7 Å². The van der Waals surface area contributed by atoms with Gasteiger partial charge in [0.25, 0.3) is 0 Å². The molecule has 5 heteroatoms. The van der Waals surface area contributed by atoms with E-state index in [9.17, 15) is 9.59 Å². The maximum absolute atomic E-state index is 11.6. The second-order valence-electron chi connectivity index (χ2n) is 4.55. The van der Waals surface area contributed by atoms with Crippen LogP contribution in [0.4, 0.5) is 5.69 Å².